The van der Waals surface area contributed by atoms with E-state index < -0.39 is 17.8 Å². The summed E-state index contributed by atoms with van der Waals surface area (Å²) in [6, 6.07) is 5.10. The van der Waals surface area contributed by atoms with Gasteiger partial charge < -0.3 is 15.7 Å². The molecule has 0 saturated heterocycles. The Hall–Kier alpha value is -2.11. The smallest absolute Gasteiger partial charge is 0.319 e. The van der Waals surface area contributed by atoms with Gasteiger partial charge in [-0.1, -0.05) is 19.9 Å². The lowest BCUT2D eigenvalue weighted by Crippen LogP contribution is -2.34. The third-order valence-corrected chi connectivity index (χ3v) is 2.90. The van der Waals surface area contributed by atoms with E-state index in [0.717, 1.165) is 0 Å². The molecule has 0 unspecified atom stereocenters. The minimum Gasteiger partial charge on any atom is -0.481 e. The molecule has 1 atom stereocenters. The maximum atomic E-state index is 13.0. The van der Waals surface area contributed by atoms with E-state index in [4.69, 9.17) is 5.11 Å². The Morgan fingerprint density at radius 3 is 2.62 bits per heavy atom. The van der Waals surface area contributed by atoms with E-state index in [1.807, 2.05) is 13.8 Å². The lowest BCUT2D eigenvalue weighted by molar-refractivity contribution is -0.138. The first-order chi connectivity index (χ1) is 9.86. The number of carboxylic acids is 1. The molecule has 0 radical (unpaired) electrons. The summed E-state index contributed by atoms with van der Waals surface area (Å²) in [6.45, 7) is 4.27. The zero-order valence-electron chi connectivity index (χ0n) is 12.2. The molecule has 0 aromatic heterocycles. The Labute approximate surface area is 123 Å². The van der Waals surface area contributed by atoms with Gasteiger partial charge in [0.05, 0.1) is 0 Å². The van der Waals surface area contributed by atoms with E-state index in [9.17, 15) is 14.0 Å². The number of anilines is 1. The summed E-state index contributed by atoms with van der Waals surface area (Å²) >= 11 is 0. The number of hydrogen-bond acceptors (Lipinski definition) is 2. The van der Waals surface area contributed by atoms with E-state index in [2.05, 4.69) is 10.6 Å². The zero-order valence-corrected chi connectivity index (χ0v) is 12.2. The van der Waals surface area contributed by atoms with Gasteiger partial charge in [-0.05, 0) is 36.5 Å². The Kier molecular flexibility index (Phi) is 6.65. The third kappa shape index (κ3) is 7.29. The van der Waals surface area contributed by atoms with Gasteiger partial charge in [0.2, 0.25) is 0 Å². The maximum absolute atomic E-state index is 13.0. The van der Waals surface area contributed by atoms with Crippen molar-refractivity contribution in [2.75, 3.05) is 11.9 Å². The number of urea groups is 1. The number of carboxylic acid groups (broad SMARTS) is 1. The molecule has 0 heterocycles. The van der Waals surface area contributed by atoms with Crippen LogP contribution in [0.15, 0.2) is 24.3 Å². The number of carbonyl (C=O) groups is 2. The van der Waals surface area contributed by atoms with Crippen molar-refractivity contribution in [3.05, 3.63) is 30.1 Å². The molecule has 3 N–H and O–H groups in total. The SMILES string of the molecule is CC(C)C[C@H](CNC(=O)Nc1cccc(F)c1)CC(=O)O. The van der Waals surface area contributed by atoms with Crippen LogP contribution in [0.4, 0.5) is 14.9 Å². The predicted octanol–water partition coefficient (Wildman–Crippen LogP) is 3.08. The number of halogens is 1. The Morgan fingerprint density at radius 2 is 2.05 bits per heavy atom. The van der Waals surface area contributed by atoms with E-state index in [0.29, 0.717) is 18.0 Å². The number of aliphatic carboxylic acids is 1. The van der Waals surface area contributed by atoms with E-state index >= 15 is 0 Å². The minimum absolute atomic E-state index is 0.0123. The van der Waals surface area contributed by atoms with Crippen molar-refractivity contribution in [2.45, 2.75) is 26.7 Å². The van der Waals surface area contributed by atoms with Gasteiger partial charge in [0.25, 0.3) is 0 Å². The van der Waals surface area contributed by atoms with E-state index in [1.54, 1.807) is 6.07 Å². The summed E-state index contributed by atoms with van der Waals surface area (Å²) in [4.78, 5) is 22.5. The van der Waals surface area contributed by atoms with Crippen molar-refractivity contribution in [1.29, 1.82) is 0 Å². The van der Waals surface area contributed by atoms with Gasteiger partial charge in [0.1, 0.15) is 5.82 Å². The fraction of sp³-hybridized carbons (Fsp3) is 0.467. The van der Waals surface area contributed by atoms with Gasteiger partial charge in [0, 0.05) is 18.7 Å². The van der Waals surface area contributed by atoms with Crippen LogP contribution in [-0.4, -0.2) is 23.7 Å². The molecule has 2 amide bonds. The molecule has 0 bridgehead atoms. The Balaban J connectivity index is 2.47. The summed E-state index contributed by atoms with van der Waals surface area (Å²) < 4.78 is 13.0. The second-order valence-electron chi connectivity index (χ2n) is 5.44. The van der Waals surface area contributed by atoms with Gasteiger partial charge in [0.15, 0.2) is 0 Å². The van der Waals surface area contributed by atoms with Crippen molar-refractivity contribution in [3.8, 4) is 0 Å². The van der Waals surface area contributed by atoms with E-state index in [1.165, 1.54) is 18.2 Å². The third-order valence-electron chi connectivity index (χ3n) is 2.90. The number of benzene rings is 1. The molecule has 1 aromatic carbocycles. The molecular formula is C15H21FN2O3. The molecule has 1 rings (SSSR count). The highest BCUT2D eigenvalue weighted by atomic mass is 19.1. The topological polar surface area (TPSA) is 78.4 Å². The molecule has 5 nitrogen and oxygen atoms in total. The molecule has 0 fully saturated rings. The van der Waals surface area contributed by atoms with Crippen LogP contribution < -0.4 is 10.6 Å². The number of hydrogen-bond donors (Lipinski definition) is 3. The van der Waals surface area contributed by atoms with Gasteiger partial charge in [-0.25, -0.2) is 9.18 Å². The number of nitrogens with one attached hydrogen (secondary N) is 2. The number of rotatable bonds is 7. The second kappa shape index (κ2) is 8.24. The van der Waals surface area contributed by atoms with Crippen molar-refractivity contribution in [2.24, 2.45) is 11.8 Å². The van der Waals surface area contributed by atoms with Crippen LogP contribution in [0.1, 0.15) is 26.7 Å². The molecule has 0 saturated carbocycles. The van der Waals surface area contributed by atoms with Crippen LogP contribution in [0.5, 0.6) is 0 Å². The maximum Gasteiger partial charge on any atom is 0.319 e. The molecule has 0 aliphatic rings. The summed E-state index contributed by atoms with van der Waals surface area (Å²) in [5, 5.41) is 14.0. The van der Waals surface area contributed by atoms with Gasteiger partial charge in [-0.2, -0.15) is 0 Å². The number of amides is 2. The van der Waals surface area contributed by atoms with Gasteiger partial charge in [-0.15, -0.1) is 0 Å². The average molecular weight is 296 g/mol. The molecule has 21 heavy (non-hydrogen) atoms. The van der Waals surface area contributed by atoms with Gasteiger partial charge in [-0.3, -0.25) is 4.79 Å². The molecule has 116 valence electrons. The Morgan fingerprint density at radius 1 is 1.33 bits per heavy atom. The standard InChI is InChI=1S/C15H21FN2O3/c1-10(2)6-11(7-14(19)20)9-17-15(21)18-13-5-3-4-12(16)8-13/h3-5,8,10-11H,6-7,9H2,1-2H3,(H,19,20)(H2,17,18,21)/t11-/m0/s1. The quantitative estimate of drug-likeness (QED) is 0.723. The van der Waals surface area contributed by atoms with Crippen LogP contribution in [0, 0.1) is 17.7 Å². The first kappa shape index (κ1) is 16.9. The zero-order chi connectivity index (χ0) is 15.8. The van der Waals surface area contributed by atoms with Crippen LogP contribution in [-0.2, 0) is 4.79 Å². The van der Waals surface area contributed by atoms with Gasteiger partial charge >= 0.3 is 12.0 Å². The van der Waals surface area contributed by atoms with E-state index in [-0.39, 0.29) is 18.9 Å². The van der Waals surface area contributed by atoms with Crippen LogP contribution >= 0.6 is 0 Å². The molecule has 0 aliphatic carbocycles. The largest absolute Gasteiger partial charge is 0.481 e. The fourth-order valence-corrected chi connectivity index (χ4v) is 2.13. The molecule has 0 aliphatic heterocycles. The van der Waals surface area contributed by atoms with Crippen molar-refractivity contribution < 1.29 is 19.1 Å². The fourth-order valence-electron chi connectivity index (χ4n) is 2.13. The minimum atomic E-state index is -0.881. The predicted molar refractivity (Wildman–Crippen MR) is 78.6 cm³/mol. The lowest BCUT2D eigenvalue weighted by Gasteiger charge is -2.18. The molecule has 0 spiro atoms. The molecule has 6 heteroatoms. The monoisotopic (exact) mass is 296 g/mol. The van der Waals surface area contributed by atoms with Crippen molar-refractivity contribution >= 4 is 17.7 Å². The lowest BCUT2D eigenvalue weighted by atomic mass is 9.94. The average Bonchev–Trinajstić information content (AvgIpc) is 2.34. The summed E-state index contributed by atoms with van der Waals surface area (Å²) in [6.07, 6.45) is 0.727. The summed E-state index contributed by atoms with van der Waals surface area (Å²) in [5.41, 5.74) is 0.353. The highest BCUT2D eigenvalue weighted by Crippen LogP contribution is 2.15. The second-order valence-corrected chi connectivity index (χ2v) is 5.44. The van der Waals surface area contributed by atoms with Crippen LogP contribution in [0.3, 0.4) is 0 Å². The molecular weight excluding hydrogens is 275 g/mol. The van der Waals surface area contributed by atoms with Crippen LogP contribution in [0.2, 0.25) is 0 Å². The van der Waals surface area contributed by atoms with Crippen LogP contribution in [0.25, 0.3) is 0 Å². The highest BCUT2D eigenvalue weighted by Gasteiger charge is 2.16. The normalized spacial score (nSPS) is 12.0. The first-order valence-corrected chi connectivity index (χ1v) is 6.89. The van der Waals surface area contributed by atoms with Crippen molar-refractivity contribution in [1.82, 2.24) is 5.32 Å². The Bertz CT molecular complexity index is 492. The highest BCUT2D eigenvalue weighted by molar-refractivity contribution is 5.89. The summed E-state index contributed by atoms with van der Waals surface area (Å²) in [7, 11) is 0. The summed E-state index contributed by atoms with van der Waals surface area (Å²) in [5.74, 6) is -1.09. The van der Waals surface area contributed by atoms with Crippen molar-refractivity contribution in [3.63, 3.8) is 0 Å². The first-order valence-electron chi connectivity index (χ1n) is 6.89. The number of carbonyl (C=O) groups excluding carboxylic acids is 1. The molecule has 1 aromatic rings.